The van der Waals surface area contributed by atoms with Crippen LogP contribution in [0.15, 0.2) is 53.7 Å². The summed E-state index contributed by atoms with van der Waals surface area (Å²) in [5, 5.41) is 0. The molecule has 2 saturated heterocycles. The summed E-state index contributed by atoms with van der Waals surface area (Å²) in [7, 11) is -1.99. The van der Waals surface area contributed by atoms with Gasteiger partial charge in [-0.1, -0.05) is 0 Å². The Kier molecular flexibility index (Phi) is 7.09. The van der Waals surface area contributed by atoms with Crippen LogP contribution >= 0.6 is 0 Å². The van der Waals surface area contributed by atoms with Crippen molar-refractivity contribution >= 4 is 21.7 Å². The minimum atomic E-state index is -3.58. The summed E-state index contributed by atoms with van der Waals surface area (Å²) >= 11 is 0. The predicted octanol–water partition coefficient (Wildman–Crippen LogP) is 2.61. The molecule has 2 aliphatic heterocycles. The Hall–Kier alpha value is -2.78. The van der Waals surface area contributed by atoms with Crippen LogP contribution in [0, 0.1) is 11.8 Å². The fraction of sp³-hybridized carbons (Fsp3) is 0.458. The second-order valence-corrected chi connectivity index (χ2v) is 10.5. The average molecular weight is 472 g/mol. The first kappa shape index (κ1) is 23.4. The lowest BCUT2D eigenvalue weighted by atomic mass is 9.87. The third-order valence-corrected chi connectivity index (χ3v) is 8.51. The first-order valence-corrected chi connectivity index (χ1v) is 12.7. The van der Waals surface area contributed by atoms with Crippen LogP contribution in [-0.4, -0.2) is 67.6 Å². The molecule has 2 fully saturated rings. The number of ketones is 1. The zero-order valence-electron chi connectivity index (χ0n) is 18.7. The van der Waals surface area contributed by atoms with Gasteiger partial charge in [0.25, 0.3) is 0 Å². The summed E-state index contributed by atoms with van der Waals surface area (Å²) < 4.78 is 32.1. The number of carbonyl (C=O) groups is 2. The molecule has 0 radical (unpaired) electrons. The van der Waals surface area contributed by atoms with Crippen molar-refractivity contribution in [3.63, 3.8) is 0 Å². The zero-order chi connectivity index (χ0) is 23.4. The molecule has 9 heteroatoms. The number of Topliss-reactive ketones (excluding diaryl/α,β-unsaturated/α-hetero) is 1. The fourth-order valence-corrected chi connectivity index (χ4v) is 6.04. The van der Waals surface area contributed by atoms with E-state index in [0.717, 1.165) is 0 Å². The number of pyridine rings is 1. The molecule has 0 saturated carbocycles. The molecule has 0 N–H and O–H groups in total. The van der Waals surface area contributed by atoms with Crippen molar-refractivity contribution in [2.24, 2.45) is 11.8 Å². The Morgan fingerprint density at radius 2 is 1.58 bits per heavy atom. The molecule has 3 heterocycles. The molecule has 1 amide bonds. The van der Waals surface area contributed by atoms with Gasteiger partial charge in [0.2, 0.25) is 15.9 Å². The SMILES string of the molecule is COc1ccc(C(=O)C2CCN(C(=O)C3CCN(S(=O)(=O)c4cccnc4)CC3)CC2)cc1. The highest BCUT2D eigenvalue weighted by molar-refractivity contribution is 7.89. The molecular formula is C24H29N3O5S. The van der Waals surface area contributed by atoms with Crippen LogP contribution in [0.5, 0.6) is 5.75 Å². The standard InChI is InChI=1S/C24H29N3O5S/c1-32-21-6-4-18(5-7-21)23(28)19-8-13-26(14-9-19)24(29)20-10-15-27(16-11-20)33(30,31)22-3-2-12-25-17-22/h2-7,12,17,19-20H,8-11,13-16H2,1H3. The number of amides is 1. The number of rotatable bonds is 6. The third-order valence-electron chi connectivity index (χ3n) is 6.63. The van der Waals surface area contributed by atoms with E-state index in [-0.39, 0.29) is 28.4 Å². The number of sulfonamides is 1. The molecule has 2 aliphatic rings. The Morgan fingerprint density at radius 1 is 0.939 bits per heavy atom. The molecule has 176 valence electrons. The van der Waals surface area contributed by atoms with E-state index >= 15 is 0 Å². The maximum Gasteiger partial charge on any atom is 0.244 e. The lowest BCUT2D eigenvalue weighted by Gasteiger charge is -2.36. The molecule has 4 rings (SSSR count). The molecule has 8 nitrogen and oxygen atoms in total. The van der Waals surface area contributed by atoms with Gasteiger partial charge in [0.15, 0.2) is 5.78 Å². The van der Waals surface area contributed by atoms with E-state index in [1.54, 1.807) is 37.4 Å². The number of ether oxygens (including phenoxy) is 1. The number of likely N-dealkylation sites (tertiary alicyclic amines) is 1. The van der Waals surface area contributed by atoms with E-state index < -0.39 is 10.0 Å². The van der Waals surface area contributed by atoms with Gasteiger partial charge in [-0.2, -0.15) is 4.31 Å². The lowest BCUT2D eigenvalue weighted by Crippen LogP contribution is -2.47. The summed E-state index contributed by atoms with van der Waals surface area (Å²) in [6, 6.07) is 10.3. The number of aromatic nitrogens is 1. The van der Waals surface area contributed by atoms with E-state index in [1.165, 1.54) is 22.8 Å². The number of hydrogen-bond donors (Lipinski definition) is 0. The number of nitrogens with zero attached hydrogens (tertiary/aromatic N) is 3. The van der Waals surface area contributed by atoms with Crippen molar-refractivity contribution in [3.05, 3.63) is 54.4 Å². The first-order chi connectivity index (χ1) is 15.9. The van der Waals surface area contributed by atoms with Crippen LogP contribution in [0.2, 0.25) is 0 Å². The molecule has 0 aliphatic carbocycles. The van der Waals surface area contributed by atoms with Gasteiger partial charge in [-0.15, -0.1) is 0 Å². The minimum Gasteiger partial charge on any atom is -0.497 e. The Bertz CT molecular complexity index is 1070. The van der Waals surface area contributed by atoms with E-state index in [1.807, 2.05) is 4.90 Å². The van der Waals surface area contributed by atoms with Crippen molar-refractivity contribution in [1.29, 1.82) is 0 Å². The highest BCUT2D eigenvalue weighted by Crippen LogP contribution is 2.28. The zero-order valence-corrected chi connectivity index (χ0v) is 19.5. The van der Waals surface area contributed by atoms with E-state index in [4.69, 9.17) is 4.74 Å². The fourth-order valence-electron chi connectivity index (χ4n) is 4.60. The Morgan fingerprint density at radius 3 is 2.15 bits per heavy atom. The van der Waals surface area contributed by atoms with Crippen LogP contribution in [0.25, 0.3) is 0 Å². The van der Waals surface area contributed by atoms with Gasteiger partial charge in [-0.05, 0) is 62.1 Å². The van der Waals surface area contributed by atoms with Crippen LogP contribution in [-0.2, 0) is 14.8 Å². The summed E-state index contributed by atoms with van der Waals surface area (Å²) in [5.74, 6) is 0.627. The lowest BCUT2D eigenvalue weighted by molar-refractivity contribution is -0.138. The second kappa shape index (κ2) is 10.0. The quantitative estimate of drug-likeness (QED) is 0.601. The van der Waals surface area contributed by atoms with Gasteiger partial charge in [0.1, 0.15) is 10.6 Å². The van der Waals surface area contributed by atoms with Gasteiger partial charge in [0.05, 0.1) is 7.11 Å². The molecule has 0 unspecified atom stereocenters. The first-order valence-electron chi connectivity index (χ1n) is 11.3. The van der Waals surface area contributed by atoms with Gasteiger partial charge < -0.3 is 9.64 Å². The summed E-state index contributed by atoms with van der Waals surface area (Å²) in [5.41, 5.74) is 0.669. The van der Waals surface area contributed by atoms with Crippen molar-refractivity contribution in [3.8, 4) is 5.75 Å². The molecule has 2 aromatic rings. The highest BCUT2D eigenvalue weighted by Gasteiger charge is 2.35. The second-order valence-electron chi connectivity index (χ2n) is 8.56. The number of benzene rings is 1. The number of methoxy groups -OCH3 is 1. The number of piperidine rings is 2. The largest absolute Gasteiger partial charge is 0.497 e. The molecule has 33 heavy (non-hydrogen) atoms. The molecular weight excluding hydrogens is 442 g/mol. The normalized spacial score (nSPS) is 18.8. The average Bonchev–Trinajstić information content (AvgIpc) is 2.88. The van der Waals surface area contributed by atoms with Crippen molar-refractivity contribution < 1.29 is 22.7 Å². The monoisotopic (exact) mass is 471 g/mol. The van der Waals surface area contributed by atoms with E-state index in [2.05, 4.69) is 4.98 Å². The van der Waals surface area contributed by atoms with Crippen LogP contribution < -0.4 is 4.74 Å². The maximum atomic E-state index is 13.0. The predicted molar refractivity (Wildman–Crippen MR) is 122 cm³/mol. The molecule has 1 aromatic carbocycles. The van der Waals surface area contributed by atoms with Crippen molar-refractivity contribution in [1.82, 2.24) is 14.2 Å². The molecule has 0 atom stereocenters. The van der Waals surface area contributed by atoms with Gasteiger partial charge in [0, 0.05) is 56.0 Å². The van der Waals surface area contributed by atoms with Gasteiger partial charge in [-0.3, -0.25) is 14.6 Å². The molecule has 1 aromatic heterocycles. The molecule has 0 spiro atoms. The maximum absolute atomic E-state index is 13.0. The van der Waals surface area contributed by atoms with Gasteiger partial charge in [-0.25, -0.2) is 8.42 Å². The highest BCUT2D eigenvalue weighted by atomic mass is 32.2. The Balaban J connectivity index is 1.28. The summed E-state index contributed by atoms with van der Waals surface area (Å²) in [6.45, 7) is 1.75. The summed E-state index contributed by atoms with van der Waals surface area (Å²) in [4.78, 5) is 31.8. The van der Waals surface area contributed by atoms with Crippen molar-refractivity contribution in [2.75, 3.05) is 33.3 Å². The summed E-state index contributed by atoms with van der Waals surface area (Å²) in [6.07, 6.45) is 5.18. The van der Waals surface area contributed by atoms with Crippen LogP contribution in [0.3, 0.4) is 0 Å². The smallest absolute Gasteiger partial charge is 0.244 e. The Labute approximate surface area is 194 Å². The van der Waals surface area contributed by atoms with E-state index in [0.29, 0.717) is 63.2 Å². The number of hydrogen-bond acceptors (Lipinski definition) is 6. The molecule has 0 bridgehead atoms. The van der Waals surface area contributed by atoms with Crippen molar-refractivity contribution in [2.45, 2.75) is 30.6 Å². The number of carbonyl (C=O) groups excluding carboxylic acids is 2. The van der Waals surface area contributed by atoms with Crippen LogP contribution in [0.1, 0.15) is 36.0 Å². The van der Waals surface area contributed by atoms with E-state index in [9.17, 15) is 18.0 Å². The topological polar surface area (TPSA) is 96.9 Å². The third kappa shape index (κ3) is 5.09. The van der Waals surface area contributed by atoms with Gasteiger partial charge >= 0.3 is 0 Å². The van der Waals surface area contributed by atoms with Crippen LogP contribution in [0.4, 0.5) is 0 Å². The minimum absolute atomic E-state index is 0.0729.